The highest BCUT2D eigenvalue weighted by atomic mass is 35.5. The highest BCUT2D eigenvalue weighted by molar-refractivity contribution is 6.30. The van der Waals surface area contributed by atoms with E-state index in [1.54, 1.807) is 28.8 Å². The van der Waals surface area contributed by atoms with Crippen LogP contribution < -0.4 is 11.0 Å². The summed E-state index contributed by atoms with van der Waals surface area (Å²) in [7, 11) is 1.81. The molecular formula is C24H16ClN3O2. The van der Waals surface area contributed by atoms with Crippen molar-refractivity contribution < 1.29 is 0 Å². The zero-order valence-electron chi connectivity index (χ0n) is 16.0. The van der Waals surface area contributed by atoms with Gasteiger partial charge in [-0.3, -0.25) is 14.2 Å². The maximum absolute atomic E-state index is 13.7. The van der Waals surface area contributed by atoms with E-state index in [4.69, 9.17) is 16.6 Å². The molecular weight excluding hydrogens is 398 g/mol. The maximum atomic E-state index is 13.7. The SMILES string of the molecule is Cn1c2ccccc2c(=O)c2c(=O)n(-c3ccccc3)c(-c3ccc(Cl)cc3)nc21. The monoisotopic (exact) mass is 413 g/mol. The Kier molecular flexibility index (Phi) is 4.26. The molecule has 0 aliphatic rings. The number of aromatic nitrogens is 3. The van der Waals surface area contributed by atoms with E-state index < -0.39 is 5.56 Å². The van der Waals surface area contributed by atoms with Crippen LogP contribution in [0.15, 0.2) is 88.5 Å². The van der Waals surface area contributed by atoms with Gasteiger partial charge in [0.25, 0.3) is 5.56 Å². The predicted octanol–water partition coefficient (Wildman–Crippen LogP) is 4.56. The van der Waals surface area contributed by atoms with E-state index in [1.165, 1.54) is 4.57 Å². The molecule has 146 valence electrons. The van der Waals surface area contributed by atoms with Crippen LogP contribution in [0.2, 0.25) is 5.02 Å². The van der Waals surface area contributed by atoms with Crippen LogP contribution in [0.4, 0.5) is 0 Å². The first-order chi connectivity index (χ1) is 14.6. The van der Waals surface area contributed by atoms with Crippen LogP contribution >= 0.6 is 11.6 Å². The molecule has 0 bridgehead atoms. The Morgan fingerprint density at radius 2 is 1.50 bits per heavy atom. The lowest BCUT2D eigenvalue weighted by Gasteiger charge is -2.16. The molecule has 0 atom stereocenters. The van der Waals surface area contributed by atoms with E-state index in [9.17, 15) is 9.59 Å². The van der Waals surface area contributed by atoms with Gasteiger partial charge in [-0.25, -0.2) is 4.98 Å². The summed E-state index contributed by atoms with van der Waals surface area (Å²) in [5.74, 6) is 0.445. The van der Waals surface area contributed by atoms with Gasteiger partial charge >= 0.3 is 0 Å². The number of fused-ring (bicyclic) bond motifs is 2. The minimum atomic E-state index is -0.400. The molecule has 5 aromatic rings. The van der Waals surface area contributed by atoms with E-state index in [0.29, 0.717) is 27.6 Å². The Morgan fingerprint density at radius 3 is 2.23 bits per heavy atom. The molecule has 0 spiro atoms. The molecule has 0 radical (unpaired) electrons. The van der Waals surface area contributed by atoms with Crippen LogP contribution in [0.3, 0.4) is 0 Å². The molecule has 2 aromatic heterocycles. The first-order valence-corrected chi connectivity index (χ1v) is 9.80. The van der Waals surface area contributed by atoms with Crippen LogP contribution in [-0.4, -0.2) is 14.1 Å². The molecule has 2 heterocycles. The fraction of sp³-hybridized carbons (Fsp3) is 0.0417. The summed E-state index contributed by atoms with van der Waals surface area (Å²) in [6.07, 6.45) is 0. The lowest BCUT2D eigenvalue weighted by Crippen LogP contribution is -2.28. The summed E-state index contributed by atoms with van der Waals surface area (Å²) in [5.41, 5.74) is 1.72. The van der Waals surface area contributed by atoms with Crippen LogP contribution in [0, 0.1) is 0 Å². The fourth-order valence-corrected chi connectivity index (χ4v) is 3.89. The van der Waals surface area contributed by atoms with Crippen LogP contribution in [-0.2, 0) is 7.05 Å². The first-order valence-electron chi connectivity index (χ1n) is 9.42. The molecule has 0 saturated heterocycles. The third kappa shape index (κ3) is 2.75. The van der Waals surface area contributed by atoms with E-state index in [-0.39, 0.29) is 10.8 Å². The topological polar surface area (TPSA) is 56.9 Å². The van der Waals surface area contributed by atoms with Crippen molar-refractivity contribution in [2.45, 2.75) is 0 Å². The van der Waals surface area contributed by atoms with Gasteiger partial charge in [-0.1, -0.05) is 41.9 Å². The summed E-state index contributed by atoms with van der Waals surface area (Å²) in [6.45, 7) is 0. The molecule has 0 unspecified atom stereocenters. The summed E-state index contributed by atoms with van der Waals surface area (Å²) in [5, 5.41) is 1.15. The molecule has 0 aliphatic carbocycles. The highest BCUT2D eigenvalue weighted by Gasteiger charge is 2.20. The lowest BCUT2D eigenvalue weighted by molar-refractivity contribution is 0.924. The maximum Gasteiger partial charge on any atom is 0.271 e. The molecule has 30 heavy (non-hydrogen) atoms. The molecule has 5 nitrogen and oxygen atoms in total. The molecule has 0 N–H and O–H groups in total. The zero-order chi connectivity index (χ0) is 20.8. The standard InChI is InChI=1S/C24H16ClN3O2/c1-27-19-10-6-5-9-18(19)21(29)20-23(27)26-22(15-11-13-16(25)14-12-15)28(24(20)30)17-7-3-2-4-8-17/h2-14H,1H3. The normalized spacial score (nSPS) is 11.3. The van der Waals surface area contributed by atoms with Gasteiger partial charge in [-0.15, -0.1) is 0 Å². The summed E-state index contributed by atoms with van der Waals surface area (Å²) in [4.78, 5) is 31.7. The van der Waals surface area contributed by atoms with Crippen molar-refractivity contribution >= 4 is 33.5 Å². The second-order valence-electron chi connectivity index (χ2n) is 7.02. The predicted molar refractivity (Wildman–Crippen MR) is 121 cm³/mol. The van der Waals surface area contributed by atoms with Gasteiger partial charge in [0.2, 0.25) is 5.43 Å². The third-order valence-corrected chi connectivity index (χ3v) is 5.49. The van der Waals surface area contributed by atoms with Gasteiger partial charge in [-0.2, -0.15) is 0 Å². The number of hydrogen-bond acceptors (Lipinski definition) is 3. The quantitative estimate of drug-likeness (QED) is 0.399. The van der Waals surface area contributed by atoms with E-state index in [2.05, 4.69) is 0 Å². The Morgan fingerprint density at radius 1 is 0.833 bits per heavy atom. The Labute approximate surface area is 176 Å². The number of hydrogen-bond donors (Lipinski definition) is 0. The average molecular weight is 414 g/mol. The van der Waals surface area contributed by atoms with Crippen molar-refractivity contribution in [3.63, 3.8) is 0 Å². The number of rotatable bonds is 2. The van der Waals surface area contributed by atoms with Crippen molar-refractivity contribution in [1.29, 1.82) is 0 Å². The minimum Gasteiger partial charge on any atom is -0.328 e. The van der Waals surface area contributed by atoms with Crippen molar-refractivity contribution in [1.82, 2.24) is 14.1 Å². The molecule has 0 aliphatic heterocycles. The largest absolute Gasteiger partial charge is 0.328 e. The number of halogens is 1. The van der Waals surface area contributed by atoms with Crippen molar-refractivity contribution in [3.8, 4) is 17.1 Å². The molecule has 3 aromatic carbocycles. The van der Waals surface area contributed by atoms with Gasteiger partial charge in [0, 0.05) is 23.0 Å². The Balaban J connectivity index is 2.01. The molecule has 6 heteroatoms. The number of nitrogens with zero attached hydrogens (tertiary/aromatic N) is 3. The van der Waals surface area contributed by atoms with Crippen LogP contribution in [0.1, 0.15) is 0 Å². The average Bonchev–Trinajstić information content (AvgIpc) is 2.78. The number of para-hydroxylation sites is 2. The molecule has 5 rings (SSSR count). The summed E-state index contributed by atoms with van der Waals surface area (Å²) in [6, 6.07) is 23.6. The number of benzene rings is 3. The van der Waals surface area contributed by atoms with E-state index in [1.807, 2.05) is 61.6 Å². The summed E-state index contributed by atoms with van der Waals surface area (Å²) < 4.78 is 3.28. The smallest absolute Gasteiger partial charge is 0.271 e. The Bertz CT molecular complexity index is 1540. The van der Waals surface area contributed by atoms with E-state index >= 15 is 0 Å². The zero-order valence-corrected chi connectivity index (χ0v) is 16.8. The first kappa shape index (κ1) is 18.3. The number of pyridine rings is 1. The van der Waals surface area contributed by atoms with Gasteiger partial charge in [-0.05, 0) is 48.5 Å². The highest BCUT2D eigenvalue weighted by Crippen LogP contribution is 2.24. The lowest BCUT2D eigenvalue weighted by atomic mass is 10.1. The van der Waals surface area contributed by atoms with Gasteiger partial charge in [0.15, 0.2) is 5.65 Å². The van der Waals surface area contributed by atoms with Crippen LogP contribution in [0.5, 0.6) is 0 Å². The van der Waals surface area contributed by atoms with Crippen LogP contribution in [0.25, 0.3) is 39.0 Å². The molecule has 0 saturated carbocycles. The van der Waals surface area contributed by atoms with Crippen molar-refractivity contribution in [3.05, 3.63) is 104 Å². The third-order valence-electron chi connectivity index (χ3n) is 5.24. The number of aryl methyl sites for hydroxylation is 1. The Hall–Kier alpha value is -3.70. The minimum absolute atomic E-state index is 0.0674. The summed E-state index contributed by atoms with van der Waals surface area (Å²) >= 11 is 6.06. The van der Waals surface area contributed by atoms with Gasteiger partial charge in [0.1, 0.15) is 11.2 Å². The van der Waals surface area contributed by atoms with E-state index in [0.717, 1.165) is 11.1 Å². The second kappa shape index (κ2) is 6.97. The molecule has 0 amide bonds. The van der Waals surface area contributed by atoms with Crippen molar-refractivity contribution in [2.24, 2.45) is 7.05 Å². The van der Waals surface area contributed by atoms with Gasteiger partial charge in [0.05, 0.1) is 11.2 Å². The van der Waals surface area contributed by atoms with Gasteiger partial charge < -0.3 is 4.57 Å². The second-order valence-corrected chi connectivity index (χ2v) is 7.46. The molecule has 0 fully saturated rings. The fourth-order valence-electron chi connectivity index (χ4n) is 3.77. The van der Waals surface area contributed by atoms with Crippen molar-refractivity contribution in [2.75, 3.05) is 0 Å².